The smallest absolute Gasteiger partial charge is 0.458 e. The van der Waals surface area contributed by atoms with Crippen LogP contribution in [0.25, 0.3) is 0 Å². The molecule has 1 aromatic rings. The van der Waals surface area contributed by atoms with Gasteiger partial charge in [-0.2, -0.15) is 4.98 Å². The largest absolute Gasteiger partial charge is 0.508 e. The second kappa shape index (κ2) is 7.30. The van der Waals surface area contributed by atoms with E-state index in [1.165, 1.54) is 24.8 Å². The van der Waals surface area contributed by atoms with E-state index in [9.17, 15) is 14.4 Å². The Labute approximate surface area is 137 Å². The maximum Gasteiger partial charge on any atom is 0.508 e. The lowest BCUT2D eigenvalue weighted by Gasteiger charge is -2.20. The first-order valence-electron chi connectivity index (χ1n) is 7.20. The molecule has 0 radical (unpaired) electrons. The summed E-state index contributed by atoms with van der Waals surface area (Å²) in [5, 5.41) is 0. The maximum atomic E-state index is 12.1. The molecule has 0 saturated carbocycles. The lowest BCUT2D eigenvalue weighted by atomic mass is 10.2. The zero-order valence-electron chi connectivity index (χ0n) is 13.6. The summed E-state index contributed by atoms with van der Waals surface area (Å²) < 4.78 is 21.3. The zero-order valence-corrected chi connectivity index (χ0v) is 13.6. The van der Waals surface area contributed by atoms with Gasteiger partial charge in [0.1, 0.15) is 18.5 Å². The van der Waals surface area contributed by atoms with Crippen LogP contribution in [0.2, 0.25) is 0 Å². The maximum absolute atomic E-state index is 12.1. The van der Waals surface area contributed by atoms with Crippen LogP contribution in [0.4, 0.5) is 10.6 Å². The summed E-state index contributed by atoms with van der Waals surface area (Å²) in [6, 6.07) is 0. The minimum absolute atomic E-state index is 0.100. The van der Waals surface area contributed by atoms with Crippen molar-refractivity contribution in [3.63, 3.8) is 0 Å². The number of nitrogens with zero attached hydrogens (tertiary/aromatic N) is 2. The first-order chi connectivity index (χ1) is 11.3. The highest BCUT2D eigenvalue weighted by atomic mass is 16.7. The quantitative estimate of drug-likeness (QED) is 0.759. The normalized spacial score (nSPS) is 22.9. The van der Waals surface area contributed by atoms with Crippen LogP contribution in [0.15, 0.2) is 11.0 Å². The van der Waals surface area contributed by atoms with Gasteiger partial charge in [-0.05, 0) is 6.92 Å². The summed E-state index contributed by atoms with van der Waals surface area (Å²) in [6.07, 6.45) is -1.31. The fraction of sp³-hybridized carbons (Fsp3) is 0.571. The van der Waals surface area contributed by atoms with Crippen molar-refractivity contribution >= 4 is 17.9 Å². The van der Waals surface area contributed by atoms with Crippen molar-refractivity contribution in [2.24, 2.45) is 0 Å². The number of hydrogen-bond donors (Lipinski definition) is 1. The van der Waals surface area contributed by atoms with Crippen LogP contribution >= 0.6 is 0 Å². The van der Waals surface area contributed by atoms with Crippen molar-refractivity contribution in [2.75, 3.05) is 19.5 Å². The van der Waals surface area contributed by atoms with Crippen LogP contribution in [-0.2, 0) is 23.7 Å². The van der Waals surface area contributed by atoms with Crippen LogP contribution in [0.3, 0.4) is 0 Å². The third kappa shape index (κ3) is 4.02. The number of esters is 1. The van der Waals surface area contributed by atoms with Gasteiger partial charge in [-0.3, -0.25) is 9.36 Å². The molecule has 0 spiro atoms. The summed E-state index contributed by atoms with van der Waals surface area (Å²) in [7, 11) is 1.19. The van der Waals surface area contributed by atoms with Gasteiger partial charge < -0.3 is 24.7 Å². The Balaban J connectivity index is 2.22. The Kier molecular flexibility index (Phi) is 5.39. The van der Waals surface area contributed by atoms with Gasteiger partial charge >= 0.3 is 17.8 Å². The fourth-order valence-corrected chi connectivity index (χ4v) is 2.37. The molecule has 10 nitrogen and oxygen atoms in total. The topological polar surface area (TPSA) is 132 Å². The molecule has 1 saturated heterocycles. The second-order valence-corrected chi connectivity index (χ2v) is 5.30. The number of nitrogen functional groups attached to an aromatic ring is 1. The molecule has 2 rings (SSSR count). The minimum atomic E-state index is -0.889. The average Bonchev–Trinajstić information content (AvgIpc) is 2.90. The number of carbonyl (C=O) groups excluding carboxylic acids is 2. The van der Waals surface area contributed by atoms with E-state index >= 15 is 0 Å². The number of hydrogen-bond acceptors (Lipinski definition) is 9. The van der Waals surface area contributed by atoms with Gasteiger partial charge in [0.05, 0.1) is 13.2 Å². The molecule has 3 atom stereocenters. The zero-order chi connectivity index (χ0) is 17.9. The highest BCUT2D eigenvalue weighted by molar-refractivity contribution is 5.66. The van der Waals surface area contributed by atoms with Crippen LogP contribution in [0.1, 0.15) is 25.1 Å². The van der Waals surface area contributed by atoms with E-state index < -0.39 is 36.3 Å². The Bertz CT molecular complexity index is 687. The van der Waals surface area contributed by atoms with Gasteiger partial charge in [0, 0.05) is 25.1 Å². The molecule has 2 heterocycles. The van der Waals surface area contributed by atoms with Crippen molar-refractivity contribution in [1.82, 2.24) is 9.55 Å². The van der Waals surface area contributed by atoms with E-state index in [1.807, 2.05) is 0 Å². The molecule has 1 aliphatic heterocycles. The molecule has 0 unspecified atom stereocenters. The summed E-state index contributed by atoms with van der Waals surface area (Å²) in [4.78, 5) is 38.1. The van der Waals surface area contributed by atoms with Crippen molar-refractivity contribution in [2.45, 2.75) is 38.7 Å². The van der Waals surface area contributed by atoms with Crippen molar-refractivity contribution < 1.29 is 28.5 Å². The van der Waals surface area contributed by atoms with Gasteiger partial charge in [0.25, 0.3) is 0 Å². The lowest BCUT2D eigenvalue weighted by molar-refractivity contribution is -0.152. The molecule has 1 aromatic heterocycles. The molecule has 0 aromatic carbocycles. The first-order valence-corrected chi connectivity index (χ1v) is 7.20. The standard InChI is InChI=1S/C14H19N3O7/c1-7-5-17(13(19)16-11(7)15)12-10(23-8(2)18)4-9(24-12)6-22-14(20)21-3/h5,9-10,12H,4,6H2,1-3H3,(H2,15,16,19)/t9-,10+,12+/m0/s1. The number of carbonyl (C=O) groups is 2. The molecule has 132 valence electrons. The average molecular weight is 341 g/mol. The number of aryl methyl sites for hydroxylation is 1. The predicted octanol–water partition coefficient (Wildman–Crippen LogP) is 0.136. The van der Waals surface area contributed by atoms with Gasteiger partial charge in [-0.15, -0.1) is 0 Å². The predicted molar refractivity (Wildman–Crippen MR) is 80.1 cm³/mol. The number of ether oxygens (including phenoxy) is 4. The van der Waals surface area contributed by atoms with Crippen LogP contribution < -0.4 is 11.4 Å². The summed E-state index contributed by atoms with van der Waals surface area (Å²) in [5.41, 5.74) is 5.55. The lowest BCUT2D eigenvalue weighted by Crippen LogP contribution is -2.34. The summed E-state index contributed by atoms with van der Waals surface area (Å²) in [5.74, 6) is -0.403. The Hall–Kier alpha value is -2.62. The van der Waals surface area contributed by atoms with E-state index in [0.717, 1.165) is 0 Å². The molecule has 1 fully saturated rings. The van der Waals surface area contributed by atoms with Crippen molar-refractivity contribution in [1.29, 1.82) is 0 Å². The van der Waals surface area contributed by atoms with E-state index in [2.05, 4.69) is 9.72 Å². The SMILES string of the molecule is COC(=O)OC[C@@H]1C[C@@H](OC(C)=O)[C@H](n2cc(C)c(N)nc2=O)O1. The first kappa shape index (κ1) is 17.7. The number of aromatic nitrogens is 2. The molecule has 2 N–H and O–H groups in total. The van der Waals surface area contributed by atoms with E-state index in [-0.39, 0.29) is 18.8 Å². The van der Waals surface area contributed by atoms with E-state index in [4.69, 9.17) is 19.9 Å². The summed E-state index contributed by atoms with van der Waals surface area (Å²) in [6.45, 7) is 2.84. The Morgan fingerprint density at radius 1 is 1.50 bits per heavy atom. The fourth-order valence-electron chi connectivity index (χ4n) is 2.37. The van der Waals surface area contributed by atoms with Crippen LogP contribution in [0.5, 0.6) is 0 Å². The number of anilines is 1. The molecular weight excluding hydrogens is 322 g/mol. The van der Waals surface area contributed by atoms with E-state index in [0.29, 0.717) is 5.56 Å². The second-order valence-electron chi connectivity index (χ2n) is 5.30. The van der Waals surface area contributed by atoms with E-state index in [1.54, 1.807) is 6.92 Å². The van der Waals surface area contributed by atoms with Crippen molar-refractivity contribution in [3.05, 3.63) is 22.2 Å². The van der Waals surface area contributed by atoms with Crippen LogP contribution in [-0.4, -0.2) is 47.6 Å². The van der Waals surface area contributed by atoms with Gasteiger partial charge in [0.15, 0.2) is 6.23 Å². The number of nitrogens with two attached hydrogens (primary N) is 1. The van der Waals surface area contributed by atoms with Crippen LogP contribution in [0, 0.1) is 6.92 Å². The number of methoxy groups -OCH3 is 1. The Morgan fingerprint density at radius 2 is 2.21 bits per heavy atom. The molecule has 10 heteroatoms. The monoisotopic (exact) mass is 341 g/mol. The minimum Gasteiger partial charge on any atom is -0.458 e. The van der Waals surface area contributed by atoms with Gasteiger partial charge in [0.2, 0.25) is 0 Å². The Morgan fingerprint density at radius 3 is 2.83 bits per heavy atom. The molecule has 0 amide bonds. The molecule has 24 heavy (non-hydrogen) atoms. The molecule has 1 aliphatic rings. The molecule has 0 bridgehead atoms. The molecular formula is C14H19N3O7. The highest BCUT2D eigenvalue weighted by Gasteiger charge is 2.40. The third-order valence-corrected chi connectivity index (χ3v) is 3.46. The van der Waals surface area contributed by atoms with Gasteiger partial charge in [-0.1, -0.05) is 0 Å². The summed E-state index contributed by atoms with van der Waals surface area (Å²) >= 11 is 0. The van der Waals surface area contributed by atoms with Gasteiger partial charge in [-0.25, -0.2) is 9.59 Å². The number of rotatable bonds is 4. The molecule has 0 aliphatic carbocycles. The van der Waals surface area contributed by atoms with Crippen molar-refractivity contribution in [3.8, 4) is 0 Å². The third-order valence-electron chi connectivity index (χ3n) is 3.46. The highest BCUT2D eigenvalue weighted by Crippen LogP contribution is 2.31.